The first-order valence-electron chi connectivity index (χ1n) is 5.07. The van der Waals surface area contributed by atoms with Crippen molar-refractivity contribution in [2.75, 3.05) is 0 Å². The summed E-state index contributed by atoms with van der Waals surface area (Å²) in [5.74, 6) is -0.333. The van der Waals surface area contributed by atoms with Gasteiger partial charge in [-0.1, -0.05) is 48.2 Å². The van der Waals surface area contributed by atoms with Crippen molar-refractivity contribution in [1.29, 1.82) is 0 Å². The standard InChI is InChI=1S/C14H14O2/c1-13(15)16-12-8-3-2-5-9-14-10-6-4-7-11-14/h3-7,9-12H,2H2,1H3. The summed E-state index contributed by atoms with van der Waals surface area (Å²) >= 11 is 0. The minimum absolute atomic E-state index is 0.333. The lowest BCUT2D eigenvalue weighted by molar-refractivity contribution is -0.135. The highest BCUT2D eigenvalue weighted by Gasteiger charge is 1.82. The van der Waals surface area contributed by atoms with Gasteiger partial charge in [0.2, 0.25) is 0 Å². The van der Waals surface area contributed by atoms with Crippen molar-refractivity contribution in [3.05, 3.63) is 60.0 Å². The van der Waals surface area contributed by atoms with Crippen LogP contribution < -0.4 is 0 Å². The molecule has 0 aliphatic heterocycles. The van der Waals surface area contributed by atoms with Crippen LogP contribution in [0.3, 0.4) is 0 Å². The molecule has 0 radical (unpaired) electrons. The van der Waals surface area contributed by atoms with E-state index in [-0.39, 0.29) is 5.97 Å². The molecule has 0 aliphatic rings. The van der Waals surface area contributed by atoms with Crippen LogP contribution in [0, 0.1) is 0 Å². The zero-order valence-electron chi connectivity index (χ0n) is 9.22. The lowest BCUT2D eigenvalue weighted by Gasteiger charge is -1.89. The average Bonchev–Trinajstić information content (AvgIpc) is 2.29. The molecular weight excluding hydrogens is 200 g/mol. The maximum absolute atomic E-state index is 10.4. The van der Waals surface area contributed by atoms with Gasteiger partial charge in [-0.25, -0.2) is 0 Å². The van der Waals surface area contributed by atoms with Crippen molar-refractivity contribution in [2.45, 2.75) is 13.3 Å². The number of carbonyl (C=O) groups excluding carboxylic acids is 1. The van der Waals surface area contributed by atoms with Crippen molar-refractivity contribution < 1.29 is 9.53 Å². The summed E-state index contributed by atoms with van der Waals surface area (Å²) in [6, 6.07) is 10.1. The summed E-state index contributed by atoms with van der Waals surface area (Å²) in [6.45, 7) is 1.35. The molecule has 0 aliphatic carbocycles. The Kier molecular flexibility index (Phi) is 5.46. The number of allylic oxidation sites excluding steroid dienone is 2. The van der Waals surface area contributed by atoms with E-state index in [4.69, 9.17) is 0 Å². The fourth-order valence-corrected chi connectivity index (χ4v) is 1.07. The molecule has 16 heavy (non-hydrogen) atoms. The summed E-state index contributed by atoms with van der Waals surface area (Å²) in [5.41, 5.74) is 3.93. The molecule has 1 aromatic rings. The molecule has 82 valence electrons. The number of ether oxygens (including phenoxy) is 1. The number of benzene rings is 1. The SMILES string of the molecule is CC(=O)OC=C=CCC=Cc1ccccc1. The maximum atomic E-state index is 10.4. The topological polar surface area (TPSA) is 26.3 Å². The zero-order chi connectivity index (χ0) is 11.6. The van der Waals surface area contributed by atoms with Crippen molar-refractivity contribution in [3.8, 4) is 0 Å². The number of hydrogen-bond acceptors (Lipinski definition) is 2. The number of esters is 1. The van der Waals surface area contributed by atoms with Crippen LogP contribution in [0.15, 0.2) is 54.5 Å². The van der Waals surface area contributed by atoms with Crippen LogP contribution >= 0.6 is 0 Å². The molecule has 0 atom stereocenters. The lowest BCUT2D eigenvalue weighted by atomic mass is 10.2. The molecule has 0 fully saturated rings. The molecule has 0 heterocycles. The molecule has 0 saturated carbocycles. The van der Waals surface area contributed by atoms with Crippen molar-refractivity contribution >= 4 is 12.0 Å². The highest BCUT2D eigenvalue weighted by molar-refractivity contribution is 5.66. The predicted octanol–water partition coefficient (Wildman–Crippen LogP) is 3.32. The minimum Gasteiger partial charge on any atom is -0.426 e. The first kappa shape index (κ1) is 12.0. The first-order valence-corrected chi connectivity index (χ1v) is 5.07. The highest BCUT2D eigenvalue weighted by atomic mass is 16.5. The van der Waals surface area contributed by atoms with Crippen LogP contribution in [0.1, 0.15) is 18.9 Å². The number of carbonyl (C=O) groups is 1. The van der Waals surface area contributed by atoms with Crippen LogP contribution in [-0.4, -0.2) is 5.97 Å². The third-order valence-corrected chi connectivity index (χ3v) is 1.77. The van der Waals surface area contributed by atoms with Gasteiger partial charge in [0.15, 0.2) is 0 Å². The third-order valence-electron chi connectivity index (χ3n) is 1.77. The molecule has 0 saturated heterocycles. The molecule has 0 bridgehead atoms. The van der Waals surface area contributed by atoms with Gasteiger partial charge in [0.05, 0.1) is 0 Å². The molecule has 1 aromatic carbocycles. The van der Waals surface area contributed by atoms with E-state index in [2.05, 4.69) is 10.5 Å². The molecule has 0 amide bonds. The summed E-state index contributed by atoms with van der Waals surface area (Å²) in [6.07, 6.45) is 7.86. The van der Waals surface area contributed by atoms with Gasteiger partial charge >= 0.3 is 5.97 Å². The average molecular weight is 214 g/mol. The van der Waals surface area contributed by atoms with Gasteiger partial charge in [-0.05, 0) is 18.1 Å². The van der Waals surface area contributed by atoms with Crippen molar-refractivity contribution in [1.82, 2.24) is 0 Å². The molecule has 2 nitrogen and oxygen atoms in total. The summed E-state index contributed by atoms with van der Waals surface area (Å²) in [4.78, 5) is 10.4. The minimum atomic E-state index is -0.333. The number of rotatable bonds is 4. The Bertz CT molecular complexity index is 410. The molecule has 2 heteroatoms. The second-order valence-corrected chi connectivity index (χ2v) is 3.15. The van der Waals surface area contributed by atoms with Gasteiger partial charge in [-0.3, -0.25) is 4.79 Å². The van der Waals surface area contributed by atoms with E-state index >= 15 is 0 Å². The van der Waals surface area contributed by atoms with E-state index < -0.39 is 0 Å². The maximum Gasteiger partial charge on any atom is 0.308 e. The van der Waals surface area contributed by atoms with Gasteiger partial charge in [0.25, 0.3) is 0 Å². The second-order valence-electron chi connectivity index (χ2n) is 3.15. The summed E-state index contributed by atoms with van der Waals surface area (Å²) in [7, 11) is 0. The zero-order valence-corrected chi connectivity index (χ0v) is 9.22. The van der Waals surface area contributed by atoms with Crippen LogP contribution in [0.2, 0.25) is 0 Å². The molecule has 0 spiro atoms. The molecule has 0 N–H and O–H groups in total. The van der Waals surface area contributed by atoms with E-state index in [0.717, 1.165) is 6.42 Å². The number of hydrogen-bond donors (Lipinski definition) is 0. The van der Waals surface area contributed by atoms with Gasteiger partial charge in [-0.2, -0.15) is 0 Å². The second kappa shape index (κ2) is 7.27. The third kappa shape index (κ3) is 5.63. The lowest BCUT2D eigenvalue weighted by Crippen LogP contribution is -1.88. The fraction of sp³-hybridized carbons (Fsp3) is 0.143. The van der Waals surface area contributed by atoms with E-state index in [1.807, 2.05) is 42.5 Å². The normalized spacial score (nSPS) is 9.56. The van der Waals surface area contributed by atoms with Crippen LogP contribution in [0.5, 0.6) is 0 Å². The van der Waals surface area contributed by atoms with Crippen molar-refractivity contribution in [3.63, 3.8) is 0 Å². The van der Waals surface area contributed by atoms with Crippen molar-refractivity contribution in [2.24, 2.45) is 0 Å². The Morgan fingerprint density at radius 2 is 2.12 bits per heavy atom. The molecule has 0 unspecified atom stereocenters. The monoisotopic (exact) mass is 214 g/mol. The molecule has 1 rings (SSSR count). The highest BCUT2D eigenvalue weighted by Crippen LogP contribution is 2.01. The van der Waals surface area contributed by atoms with E-state index in [1.54, 1.807) is 6.08 Å². The predicted molar refractivity (Wildman–Crippen MR) is 64.5 cm³/mol. The van der Waals surface area contributed by atoms with Crippen LogP contribution in [0.4, 0.5) is 0 Å². The Labute approximate surface area is 95.6 Å². The van der Waals surface area contributed by atoms with Crippen LogP contribution in [-0.2, 0) is 9.53 Å². The molecule has 0 aromatic heterocycles. The fourth-order valence-electron chi connectivity index (χ4n) is 1.07. The Morgan fingerprint density at radius 3 is 2.81 bits per heavy atom. The van der Waals surface area contributed by atoms with Gasteiger partial charge in [0.1, 0.15) is 6.26 Å². The van der Waals surface area contributed by atoms with Gasteiger partial charge < -0.3 is 4.74 Å². The van der Waals surface area contributed by atoms with E-state index in [0.29, 0.717) is 0 Å². The summed E-state index contributed by atoms with van der Waals surface area (Å²) < 4.78 is 4.58. The smallest absolute Gasteiger partial charge is 0.308 e. The molecular formula is C14H14O2. The largest absolute Gasteiger partial charge is 0.426 e. The van der Waals surface area contributed by atoms with Crippen LogP contribution in [0.25, 0.3) is 6.08 Å². The first-order chi connectivity index (χ1) is 7.79. The van der Waals surface area contributed by atoms with Gasteiger partial charge in [0, 0.05) is 6.92 Å². The quantitative estimate of drug-likeness (QED) is 0.436. The van der Waals surface area contributed by atoms with Gasteiger partial charge in [-0.15, -0.1) is 0 Å². The van der Waals surface area contributed by atoms with E-state index in [9.17, 15) is 4.79 Å². The Balaban J connectivity index is 2.33. The Morgan fingerprint density at radius 1 is 1.38 bits per heavy atom. The Hall–Kier alpha value is -2.05. The summed E-state index contributed by atoms with van der Waals surface area (Å²) in [5, 5.41) is 0. The van der Waals surface area contributed by atoms with E-state index in [1.165, 1.54) is 18.7 Å².